The molecule has 1 saturated heterocycles. The quantitative estimate of drug-likeness (QED) is 0.615. The molecule has 168 valence electrons. The molecule has 0 radical (unpaired) electrons. The number of hydrogen-bond acceptors (Lipinski definition) is 6. The van der Waals surface area contributed by atoms with E-state index in [1.165, 1.54) is 13.2 Å². The third kappa shape index (κ3) is 6.41. The van der Waals surface area contributed by atoms with Gasteiger partial charge >= 0.3 is 12.1 Å². The van der Waals surface area contributed by atoms with Crippen molar-refractivity contribution < 1.29 is 32.2 Å². The van der Waals surface area contributed by atoms with Crippen LogP contribution in [0, 0.1) is 0 Å². The molecular weight excluding hydrogens is 413 g/mol. The Balaban J connectivity index is 1.58. The van der Waals surface area contributed by atoms with Gasteiger partial charge in [-0.2, -0.15) is 13.2 Å². The second kappa shape index (κ2) is 10.1. The summed E-state index contributed by atoms with van der Waals surface area (Å²) in [7, 11) is 1.30. The zero-order valence-corrected chi connectivity index (χ0v) is 17.4. The van der Waals surface area contributed by atoms with Crippen LogP contribution in [0.4, 0.5) is 13.2 Å². The highest BCUT2D eigenvalue weighted by Gasteiger charge is 2.34. The SMILES string of the molecule is COC(=O)COc1ccc(CC(C)N2CCOC(c3cccc(C(F)(F)F)n3)C2)cc1. The van der Waals surface area contributed by atoms with E-state index in [-0.39, 0.29) is 12.6 Å². The van der Waals surface area contributed by atoms with E-state index in [0.717, 1.165) is 18.1 Å². The van der Waals surface area contributed by atoms with Gasteiger partial charge in [0.1, 0.15) is 17.5 Å². The minimum absolute atomic E-state index is 0.148. The number of nitrogens with zero attached hydrogens (tertiary/aromatic N) is 2. The minimum Gasteiger partial charge on any atom is -0.482 e. The maximum atomic E-state index is 13.0. The second-order valence-electron chi connectivity index (χ2n) is 7.36. The Bertz CT molecular complexity index is 874. The van der Waals surface area contributed by atoms with Crippen LogP contribution < -0.4 is 4.74 Å². The van der Waals surface area contributed by atoms with Gasteiger partial charge in [-0.1, -0.05) is 18.2 Å². The van der Waals surface area contributed by atoms with Gasteiger partial charge in [0.15, 0.2) is 6.61 Å². The molecule has 0 bridgehead atoms. The lowest BCUT2D eigenvalue weighted by atomic mass is 10.0. The Morgan fingerprint density at radius 3 is 2.68 bits per heavy atom. The van der Waals surface area contributed by atoms with Gasteiger partial charge in [-0.05, 0) is 43.2 Å². The molecule has 2 heterocycles. The third-order valence-corrected chi connectivity index (χ3v) is 5.15. The van der Waals surface area contributed by atoms with Crippen molar-refractivity contribution >= 4 is 5.97 Å². The molecule has 2 aromatic rings. The summed E-state index contributed by atoms with van der Waals surface area (Å²) in [5.74, 6) is 0.124. The van der Waals surface area contributed by atoms with E-state index in [9.17, 15) is 18.0 Å². The minimum atomic E-state index is -4.48. The van der Waals surface area contributed by atoms with Gasteiger partial charge in [0.2, 0.25) is 0 Å². The van der Waals surface area contributed by atoms with Crippen LogP contribution in [-0.4, -0.2) is 55.3 Å². The Hall–Kier alpha value is -2.65. The zero-order chi connectivity index (χ0) is 22.4. The van der Waals surface area contributed by atoms with Crippen molar-refractivity contribution in [1.82, 2.24) is 9.88 Å². The molecule has 6 nitrogen and oxygen atoms in total. The first kappa shape index (κ1) is 23.0. The summed E-state index contributed by atoms with van der Waals surface area (Å²) in [6.45, 7) is 3.51. The standard InChI is InChI=1S/C22H25F3N2O4/c1-15(12-16-6-8-17(9-7-16)31-14-21(28)29-2)27-10-11-30-19(13-27)18-4-3-5-20(26-18)22(23,24)25/h3-9,15,19H,10-14H2,1-2H3. The first-order chi connectivity index (χ1) is 14.8. The number of morpholine rings is 1. The van der Waals surface area contributed by atoms with Crippen molar-refractivity contribution in [3.05, 3.63) is 59.4 Å². The van der Waals surface area contributed by atoms with Gasteiger partial charge in [-0.15, -0.1) is 0 Å². The first-order valence-electron chi connectivity index (χ1n) is 9.94. The van der Waals surface area contributed by atoms with Crippen LogP contribution in [-0.2, 0) is 26.9 Å². The van der Waals surface area contributed by atoms with Crippen LogP contribution in [0.15, 0.2) is 42.5 Å². The Morgan fingerprint density at radius 1 is 1.26 bits per heavy atom. The Kier molecular flexibility index (Phi) is 7.50. The second-order valence-corrected chi connectivity index (χ2v) is 7.36. The predicted molar refractivity (Wildman–Crippen MR) is 107 cm³/mol. The van der Waals surface area contributed by atoms with Crippen molar-refractivity contribution in [1.29, 1.82) is 0 Å². The smallest absolute Gasteiger partial charge is 0.433 e. The average molecular weight is 438 g/mol. The normalized spacial score (nSPS) is 18.4. The van der Waals surface area contributed by atoms with Crippen molar-refractivity contribution in [3.8, 4) is 5.75 Å². The Morgan fingerprint density at radius 2 is 2.00 bits per heavy atom. The molecule has 31 heavy (non-hydrogen) atoms. The number of pyridine rings is 1. The molecule has 2 unspecified atom stereocenters. The monoisotopic (exact) mass is 438 g/mol. The topological polar surface area (TPSA) is 60.9 Å². The number of rotatable bonds is 7. The molecule has 0 spiro atoms. The third-order valence-electron chi connectivity index (χ3n) is 5.15. The highest BCUT2D eigenvalue weighted by Crippen LogP contribution is 2.30. The largest absolute Gasteiger partial charge is 0.482 e. The molecule has 1 fully saturated rings. The number of esters is 1. The molecule has 2 atom stereocenters. The molecule has 1 aliphatic heterocycles. The number of hydrogen-bond donors (Lipinski definition) is 0. The fourth-order valence-corrected chi connectivity index (χ4v) is 3.43. The van der Waals surface area contributed by atoms with Crippen LogP contribution >= 0.6 is 0 Å². The lowest BCUT2D eigenvalue weighted by Crippen LogP contribution is -2.44. The summed E-state index contributed by atoms with van der Waals surface area (Å²) in [5, 5.41) is 0. The molecule has 9 heteroatoms. The Labute approximate surface area is 178 Å². The summed E-state index contributed by atoms with van der Waals surface area (Å²) in [4.78, 5) is 17.1. The molecule has 1 aromatic carbocycles. The number of halogens is 3. The number of carbonyl (C=O) groups is 1. The number of ether oxygens (including phenoxy) is 3. The summed E-state index contributed by atoms with van der Waals surface area (Å²) in [6.07, 6.45) is -4.24. The molecular formula is C22H25F3N2O4. The van der Waals surface area contributed by atoms with E-state index in [1.54, 1.807) is 18.2 Å². The molecule has 3 rings (SSSR count). The maximum absolute atomic E-state index is 13.0. The van der Waals surface area contributed by atoms with Crippen LogP contribution in [0.3, 0.4) is 0 Å². The van der Waals surface area contributed by atoms with Crippen molar-refractivity contribution in [2.75, 3.05) is 33.4 Å². The number of carbonyl (C=O) groups excluding carboxylic acids is 1. The number of aromatic nitrogens is 1. The van der Waals surface area contributed by atoms with Crippen molar-refractivity contribution in [3.63, 3.8) is 0 Å². The molecule has 0 amide bonds. The van der Waals surface area contributed by atoms with E-state index >= 15 is 0 Å². The molecule has 1 aliphatic rings. The summed E-state index contributed by atoms with van der Waals surface area (Å²) < 4.78 is 54.5. The van der Waals surface area contributed by atoms with Gasteiger partial charge in [0, 0.05) is 19.1 Å². The van der Waals surface area contributed by atoms with E-state index in [1.807, 2.05) is 12.1 Å². The fraction of sp³-hybridized carbons (Fsp3) is 0.455. The summed E-state index contributed by atoms with van der Waals surface area (Å²) >= 11 is 0. The number of benzene rings is 1. The number of methoxy groups -OCH3 is 1. The van der Waals surface area contributed by atoms with E-state index in [0.29, 0.717) is 31.1 Å². The zero-order valence-electron chi connectivity index (χ0n) is 17.4. The fourth-order valence-electron chi connectivity index (χ4n) is 3.43. The van der Waals surface area contributed by atoms with Gasteiger partial charge in [0.25, 0.3) is 0 Å². The molecule has 0 saturated carbocycles. The highest BCUT2D eigenvalue weighted by molar-refractivity contribution is 5.70. The van der Waals surface area contributed by atoms with Crippen molar-refractivity contribution in [2.45, 2.75) is 31.7 Å². The van der Waals surface area contributed by atoms with E-state index in [4.69, 9.17) is 9.47 Å². The van der Waals surface area contributed by atoms with E-state index in [2.05, 4.69) is 21.5 Å². The lowest BCUT2D eigenvalue weighted by molar-refractivity contribution is -0.143. The molecule has 0 N–H and O–H groups in total. The van der Waals surface area contributed by atoms with E-state index < -0.39 is 23.9 Å². The van der Waals surface area contributed by atoms with Crippen LogP contribution in [0.1, 0.15) is 30.0 Å². The maximum Gasteiger partial charge on any atom is 0.433 e. The lowest BCUT2D eigenvalue weighted by Gasteiger charge is -2.36. The predicted octanol–water partition coefficient (Wildman–Crippen LogP) is 3.66. The van der Waals surface area contributed by atoms with Gasteiger partial charge in [-0.3, -0.25) is 4.90 Å². The summed E-state index contributed by atoms with van der Waals surface area (Å²) in [6, 6.07) is 11.5. The van der Waals surface area contributed by atoms with Crippen LogP contribution in [0.25, 0.3) is 0 Å². The van der Waals surface area contributed by atoms with Crippen LogP contribution in [0.2, 0.25) is 0 Å². The molecule has 1 aromatic heterocycles. The van der Waals surface area contributed by atoms with Crippen molar-refractivity contribution in [2.24, 2.45) is 0 Å². The first-order valence-corrected chi connectivity index (χ1v) is 9.94. The summed E-state index contributed by atoms with van der Waals surface area (Å²) in [5.41, 5.74) is 0.463. The number of alkyl halides is 3. The van der Waals surface area contributed by atoms with Gasteiger partial charge < -0.3 is 14.2 Å². The highest BCUT2D eigenvalue weighted by atomic mass is 19.4. The van der Waals surface area contributed by atoms with Gasteiger partial charge in [-0.25, -0.2) is 9.78 Å². The average Bonchev–Trinajstić information content (AvgIpc) is 2.78. The van der Waals surface area contributed by atoms with Crippen LogP contribution in [0.5, 0.6) is 5.75 Å². The molecule has 0 aliphatic carbocycles. The van der Waals surface area contributed by atoms with Gasteiger partial charge in [0.05, 0.1) is 19.4 Å².